The van der Waals surface area contributed by atoms with Gasteiger partial charge in [0, 0.05) is 5.69 Å². The number of benzene rings is 1. The number of halogens is 3. The summed E-state index contributed by atoms with van der Waals surface area (Å²) in [4.78, 5) is 10.0. The average Bonchev–Trinajstić information content (AvgIpc) is 2.20. The first-order valence-electron chi connectivity index (χ1n) is 4.50. The van der Waals surface area contributed by atoms with Gasteiger partial charge >= 0.3 is 6.36 Å². The highest BCUT2D eigenvalue weighted by Crippen LogP contribution is 2.27. The number of carbonyl (C=O) groups excluding carboxylic acids is 1. The SMILES string of the molecule is Nc1ccc(OC(F)(F)F)c(C#CCC=O)c1. The molecule has 17 heavy (non-hydrogen) atoms. The molecule has 0 heterocycles. The number of anilines is 1. The molecule has 0 saturated heterocycles. The number of hydrogen-bond donors (Lipinski definition) is 1. The number of hydrogen-bond acceptors (Lipinski definition) is 3. The van der Waals surface area contributed by atoms with Crippen LogP contribution in [0, 0.1) is 11.8 Å². The lowest BCUT2D eigenvalue weighted by Gasteiger charge is -2.10. The molecule has 0 radical (unpaired) electrons. The van der Waals surface area contributed by atoms with Crippen molar-refractivity contribution < 1.29 is 22.7 Å². The fourth-order valence-corrected chi connectivity index (χ4v) is 1.05. The maximum absolute atomic E-state index is 12.1. The topological polar surface area (TPSA) is 52.3 Å². The number of ether oxygens (including phenoxy) is 1. The molecule has 0 atom stereocenters. The summed E-state index contributed by atoms with van der Waals surface area (Å²) in [6, 6.07) is 3.60. The molecule has 0 amide bonds. The Morgan fingerprint density at radius 1 is 1.41 bits per heavy atom. The number of nitrogen functional groups attached to an aromatic ring is 1. The van der Waals surface area contributed by atoms with Gasteiger partial charge in [0.1, 0.15) is 12.0 Å². The molecular weight excluding hydrogens is 235 g/mol. The van der Waals surface area contributed by atoms with Gasteiger partial charge in [0.05, 0.1) is 12.0 Å². The summed E-state index contributed by atoms with van der Waals surface area (Å²) in [6.45, 7) is 0. The van der Waals surface area contributed by atoms with Crippen molar-refractivity contribution in [1.82, 2.24) is 0 Å². The average molecular weight is 243 g/mol. The fraction of sp³-hybridized carbons (Fsp3) is 0.182. The number of rotatable bonds is 2. The Labute approximate surface area is 95.4 Å². The Bertz CT molecular complexity index is 472. The van der Waals surface area contributed by atoms with Gasteiger partial charge in [0.25, 0.3) is 0 Å². The Morgan fingerprint density at radius 2 is 2.12 bits per heavy atom. The van der Waals surface area contributed by atoms with Crippen molar-refractivity contribution >= 4 is 12.0 Å². The van der Waals surface area contributed by atoms with Gasteiger partial charge in [-0.3, -0.25) is 0 Å². The van der Waals surface area contributed by atoms with Crippen molar-refractivity contribution in [2.75, 3.05) is 5.73 Å². The van der Waals surface area contributed by atoms with Crippen LogP contribution in [0.4, 0.5) is 18.9 Å². The monoisotopic (exact) mass is 243 g/mol. The third kappa shape index (κ3) is 4.47. The largest absolute Gasteiger partial charge is 0.573 e. The zero-order valence-corrected chi connectivity index (χ0v) is 8.54. The van der Waals surface area contributed by atoms with Crippen LogP contribution in [0.3, 0.4) is 0 Å². The number of carbonyl (C=O) groups is 1. The van der Waals surface area contributed by atoms with Gasteiger partial charge in [-0.05, 0) is 18.2 Å². The molecular formula is C11H8F3NO2. The predicted octanol–water partition coefficient (Wildman–Crippen LogP) is 2.11. The molecule has 6 heteroatoms. The molecule has 0 fully saturated rings. The predicted molar refractivity (Wildman–Crippen MR) is 55.1 cm³/mol. The van der Waals surface area contributed by atoms with Crippen molar-refractivity contribution in [3.63, 3.8) is 0 Å². The summed E-state index contributed by atoms with van der Waals surface area (Å²) < 4.78 is 39.9. The van der Waals surface area contributed by atoms with Gasteiger partial charge in [-0.15, -0.1) is 13.2 Å². The second-order valence-electron chi connectivity index (χ2n) is 2.98. The van der Waals surface area contributed by atoms with Gasteiger partial charge in [0.2, 0.25) is 0 Å². The normalized spacial score (nSPS) is 10.3. The van der Waals surface area contributed by atoms with Crippen LogP contribution in [0.15, 0.2) is 18.2 Å². The first-order valence-corrected chi connectivity index (χ1v) is 4.50. The van der Waals surface area contributed by atoms with E-state index in [1.54, 1.807) is 0 Å². The van der Waals surface area contributed by atoms with E-state index < -0.39 is 12.1 Å². The molecule has 0 bridgehead atoms. The molecule has 0 aromatic heterocycles. The Balaban J connectivity index is 3.05. The first-order chi connectivity index (χ1) is 7.92. The van der Waals surface area contributed by atoms with Crippen LogP contribution in [-0.2, 0) is 4.79 Å². The van der Waals surface area contributed by atoms with E-state index in [-0.39, 0.29) is 17.7 Å². The van der Waals surface area contributed by atoms with Crippen LogP contribution in [-0.4, -0.2) is 12.6 Å². The molecule has 0 spiro atoms. The Hall–Kier alpha value is -2.16. The third-order valence-electron chi connectivity index (χ3n) is 1.64. The highest BCUT2D eigenvalue weighted by molar-refractivity contribution is 5.58. The molecule has 1 rings (SSSR count). The summed E-state index contributed by atoms with van der Waals surface area (Å²) in [5.41, 5.74) is 5.67. The van der Waals surface area contributed by atoms with Gasteiger partial charge in [-0.2, -0.15) is 0 Å². The second-order valence-corrected chi connectivity index (χ2v) is 2.98. The fourth-order valence-electron chi connectivity index (χ4n) is 1.05. The van der Waals surface area contributed by atoms with E-state index >= 15 is 0 Å². The van der Waals surface area contributed by atoms with E-state index in [9.17, 15) is 18.0 Å². The maximum Gasteiger partial charge on any atom is 0.573 e. The highest BCUT2D eigenvalue weighted by Gasteiger charge is 2.31. The van der Waals surface area contributed by atoms with Gasteiger partial charge in [-0.1, -0.05) is 11.8 Å². The van der Waals surface area contributed by atoms with E-state index in [1.165, 1.54) is 12.1 Å². The van der Waals surface area contributed by atoms with Crippen LogP contribution in [0.25, 0.3) is 0 Å². The maximum atomic E-state index is 12.1. The molecule has 0 aliphatic carbocycles. The smallest absolute Gasteiger partial charge is 0.404 e. The molecule has 0 aliphatic heterocycles. The van der Waals surface area contributed by atoms with E-state index in [4.69, 9.17) is 5.73 Å². The van der Waals surface area contributed by atoms with Gasteiger partial charge < -0.3 is 15.3 Å². The summed E-state index contributed by atoms with van der Waals surface area (Å²) in [7, 11) is 0. The zero-order valence-electron chi connectivity index (χ0n) is 8.54. The highest BCUT2D eigenvalue weighted by atomic mass is 19.4. The number of nitrogens with two attached hydrogens (primary N) is 1. The first kappa shape index (κ1) is 12.9. The number of aldehydes is 1. The molecule has 0 saturated carbocycles. The van der Waals surface area contributed by atoms with Gasteiger partial charge in [-0.25, -0.2) is 0 Å². The third-order valence-corrected chi connectivity index (χ3v) is 1.64. The Morgan fingerprint density at radius 3 is 2.71 bits per heavy atom. The summed E-state index contributed by atoms with van der Waals surface area (Å²) >= 11 is 0. The van der Waals surface area contributed by atoms with E-state index in [2.05, 4.69) is 16.6 Å². The lowest BCUT2D eigenvalue weighted by Crippen LogP contribution is -2.17. The minimum absolute atomic E-state index is 0.0100. The molecule has 1 aromatic carbocycles. The van der Waals surface area contributed by atoms with Crippen molar-refractivity contribution in [2.45, 2.75) is 12.8 Å². The zero-order chi connectivity index (χ0) is 12.9. The van der Waals surface area contributed by atoms with E-state index in [0.29, 0.717) is 6.29 Å². The van der Waals surface area contributed by atoms with Crippen molar-refractivity contribution in [3.05, 3.63) is 23.8 Å². The lowest BCUT2D eigenvalue weighted by atomic mass is 10.2. The molecule has 0 unspecified atom stereocenters. The summed E-state index contributed by atoms with van der Waals surface area (Å²) in [6.07, 6.45) is -4.32. The Kier molecular flexibility index (Phi) is 3.99. The lowest BCUT2D eigenvalue weighted by molar-refractivity contribution is -0.274. The van der Waals surface area contributed by atoms with Crippen LogP contribution in [0.2, 0.25) is 0 Å². The van der Waals surface area contributed by atoms with E-state index in [0.717, 1.165) is 6.07 Å². The standard InChI is InChI=1S/C11H8F3NO2/c12-11(13,14)17-10-5-4-9(15)7-8(10)3-1-2-6-16/h4-7H,2,15H2. The van der Waals surface area contributed by atoms with Crippen LogP contribution in [0.1, 0.15) is 12.0 Å². The van der Waals surface area contributed by atoms with Crippen LogP contribution >= 0.6 is 0 Å². The van der Waals surface area contributed by atoms with E-state index in [1.807, 2.05) is 0 Å². The van der Waals surface area contributed by atoms with Gasteiger partial charge in [0.15, 0.2) is 0 Å². The summed E-state index contributed by atoms with van der Waals surface area (Å²) in [5, 5.41) is 0. The minimum Gasteiger partial charge on any atom is -0.404 e. The molecule has 1 aromatic rings. The molecule has 0 aliphatic rings. The second kappa shape index (κ2) is 5.25. The van der Waals surface area contributed by atoms with Crippen LogP contribution in [0.5, 0.6) is 5.75 Å². The molecule has 3 nitrogen and oxygen atoms in total. The number of alkyl halides is 3. The quantitative estimate of drug-likeness (QED) is 0.491. The minimum atomic E-state index is -4.79. The summed E-state index contributed by atoms with van der Waals surface area (Å²) in [5.74, 6) is 4.34. The van der Waals surface area contributed by atoms with Crippen molar-refractivity contribution in [2.24, 2.45) is 0 Å². The molecule has 2 N–H and O–H groups in total. The van der Waals surface area contributed by atoms with Crippen molar-refractivity contribution in [1.29, 1.82) is 0 Å². The molecule has 90 valence electrons. The van der Waals surface area contributed by atoms with Crippen LogP contribution < -0.4 is 10.5 Å². The van der Waals surface area contributed by atoms with Crippen molar-refractivity contribution in [3.8, 4) is 17.6 Å².